The van der Waals surface area contributed by atoms with Gasteiger partial charge in [-0.15, -0.1) is 11.3 Å². The molecule has 4 nitrogen and oxygen atoms in total. The van der Waals surface area contributed by atoms with Crippen molar-refractivity contribution < 1.29 is 4.79 Å². The Balaban J connectivity index is 1.70. The van der Waals surface area contributed by atoms with Crippen LogP contribution in [-0.4, -0.2) is 53.9 Å². The summed E-state index contributed by atoms with van der Waals surface area (Å²) in [5.41, 5.74) is 2.21. The maximum Gasteiger partial charge on any atom is 0.264 e. The van der Waals surface area contributed by atoms with Gasteiger partial charge in [0.25, 0.3) is 5.91 Å². The lowest BCUT2D eigenvalue weighted by Crippen LogP contribution is -2.46. The van der Waals surface area contributed by atoms with Crippen LogP contribution in [0.15, 0.2) is 30.3 Å². The minimum absolute atomic E-state index is 0.140. The summed E-state index contributed by atoms with van der Waals surface area (Å²) in [5, 5.41) is 2.19. The molecule has 2 aromatic heterocycles. The Labute approximate surface area is 139 Å². The first kappa shape index (κ1) is 14.6. The summed E-state index contributed by atoms with van der Waals surface area (Å²) < 4.78 is 0. The first-order chi connectivity index (χ1) is 11.1. The lowest BCUT2D eigenvalue weighted by Gasteiger charge is -2.32. The lowest BCUT2D eigenvalue weighted by atomic mass is 10.1. The van der Waals surface area contributed by atoms with Gasteiger partial charge in [0.1, 0.15) is 4.83 Å². The van der Waals surface area contributed by atoms with E-state index in [1.165, 1.54) is 16.9 Å². The van der Waals surface area contributed by atoms with E-state index in [1.807, 2.05) is 17.0 Å². The zero-order chi connectivity index (χ0) is 16.0. The number of likely N-dealkylation sites (N-methyl/N-ethyl adjacent to an activating group) is 1. The van der Waals surface area contributed by atoms with Crippen LogP contribution in [0.2, 0.25) is 0 Å². The fourth-order valence-electron chi connectivity index (χ4n) is 3.03. The van der Waals surface area contributed by atoms with E-state index >= 15 is 0 Å². The molecule has 4 rings (SSSR count). The fourth-order valence-corrected chi connectivity index (χ4v) is 4.02. The average Bonchev–Trinajstić information content (AvgIpc) is 2.95. The van der Waals surface area contributed by atoms with Crippen molar-refractivity contribution in [3.05, 3.63) is 40.8 Å². The molecule has 3 aromatic rings. The number of thiophene rings is 1. The van der Waals surface area contributed by atoms with Gasteiger partial charge in [-0.1, -0.05) is 11.6 Å². The van der Waals surface area contributed by atoms with Crippen molar-refractivity contribution in [3.8, 4) is 0 Å². The maximum absolute atomic E-state index is 12.7. The highest BCUT2D eigenvalue weighted by Crippen LogP contribution is 2.28. The Kier molecular flexibility index (Phi) is 3.54. The van der Waals surface area contributed by atoms with Gasteiger partial charge >= 0.3 is 0 Å². The van der Waals surface area contributed by atoms with E-state index in [9.17, 15) is 4.79 Å². The second kappa shape index (κ2) is 5.58. The number of fused-ring (bicyclic) bond motifs is 2. The van der Waals surface area contributed by atoms with Crippen LogP contribution in [0.4, 0.5) is 0 Å². The standard InChI is InChI=1S/C18H19N3OS/c1-12-3-4-15-13(9-12)10-14-11-16(23-17(14)19-15)18(22)21-7-5-20(2)6-8-21/h3-4,9-11H,5-8H2,1-2H3. The Morgan fingerprint density at radius 1 is 1.09 bits per heavy atom. The van der Waals surface area contributed by atoms with E-state index in [0.29, 0.717) is 0 Å². The molecule has 1 aromatic carbocycles. The summed E-state index contributed by atoms with van der Waals surface area (Å²) >= 11 is 1.50. The zero-order valence-electron chi connectivity index (χ0n) is 13.4. The SMILES string of the molecule is Cc1ccc2nc3sc(C(=O)N4CCN(C)CC4)cc3cc2c1. The molecule has 1 amide bonds. The minimum atomic E-state index is 0.140. The number of aryl methyl sites for hydroxylation is 1. The topological polar surface area (TPSA) is 36.4 Å². The van der Waals surface area contributed by atoms with Crippen molar-refractivity contribution in [2.45, 2.75) is 6.92 Å². The van der Waals surface area contributed by atoms with Crippen LogP contribution in [0.1, 0.15) is 15.2 Å². The van der Waals surface area contributed by atoms with Crippen molar-refractivity contribution in [3.63, 3.8) is 0 Å². The van der Waals surface area contributed by atoms with Gasteiger partial charge in [0.05, 0.1) is 10.4 Å². The molecule has 0 bridgehead atoms. The summed E-state index contributed by atoms with van der Waals surface area (Å²) in [5.74, 6) is 0.140. The summed E-state index contributed by atoms with van der Waals surface area (Å²) in [6.45, 7) is 5.58. The van der Waals surface area contributed by atoms with Crippen LogP contribution in [0.25, 0.3) is 21.1 Å². The molecule has 1 aliphatic rings. The van der Waals surface area contributed by atoms with Crippen LogP contribution in [-0.2, 0) is 0 Å². The number of carbonyl (C=O) groups is 1. The third-order valence-electron chi connectivity index (χ3n) is 4.46. The molecule has 0 saturated carbocycles. The number of hydrogen-bond donors (Lipinski definition) is 0. The van der Waals surface area contributed by atoms with Crippen LogP contribution in [0, 0.1) is 6.92 Å². The van der Waals surface area contributed by atoms with Gasteiger partial charge in [-0.05, 0) is 38.2 Å². The van der Waals surface area contributed by atoms with E-state index in [0.717, 1.165) is 52.2 Å². The Morgan fingerprint density at radius 3 is 2.65 bits per heavy atom. The Morgan fingerprint density at radius 2 is 1.87 bits per heavy atom. The Hall–Kier alpha value is -1.98. The monoisotopic (exact) mass is 325 g/mol. The first-order valence-electron chi connectivity index (χ1n) is 7.89. The van der Waals surface area contributed by atoms with Crippen LogP contribution < -0.4 is 0 Å². The third-order valence-corrected chi connectivity index (χ3v) is 5.49. The number of rotatable bonds is 1. The van der Waals surface area contributed by atoms with E-state index in [1.54, 1.807) is 0 Å². The van der Waals surface area contributed by atoms with Gasteiger partial charge in [0, 0.05) is 37.0 Å². The van der Waals surface area contributed by atoms with Crippen LogP contribution in [0.3, 0.4) is 0 Å². The van der Waals surface area contributed by atoms with Gasteiger partial charge in [0.15, 0.2) is 0 Å². The van der Waals surface area contributed by atoms with Gasteiger partial charge in [-0.3, -0.25) is 4.79 Å². The minimum Gasteiger partial charge on any atom is -0.335 e. The van der Waals surface area contributed by atoms with Gasteiger partial charge in [-0.25, -0.2) is 4.98 Å². The number of hydrogen-bond acceptors (Lipinski definition) is 4. The predicted octanol–water partition coefficient (Wildman–Crippen LogP) is 3.15. The molecule has 0 unspecified atom stereocenters. The molecule has 0 N–H and O–H groups in total. The number of aromatic nitrogens is 1. The smallest absolute Gasteiger partial charge is 0.264 e. The summed E-state index contributed by atoms with van der Waals surface area (Å²) in [6, 6.07) is 10.4. The quantitative estimate of drug-likeness (QED) is 0.690. The highest BCUT2D eigenvalue weighted by molar-refractivity contribution is 7.20. The van der Waals surface area contributed by atoms with Crippen molar-refractivity contribution in [2.75, 3.05) is 33.2 Å². The van der Waals surface area contributed by atoms with Crippen molar-refractivity contribution in [2.24, 2.45) is 0 Å². The van der Waals surface area contributed by atoms with Crippen LogP contribution in [0.5, 0.6) is 0 Å². The van der Waals surface area contributed by atoms with E-state index in [-0.39, 0.29) is 5.91 Å². The van der Waals surface area contributed by atoms with Gasteiger partial charge < -0.3 is 9.80 Å². The molecular formula is C18H19N3OS. The molecule has 118 valence electrons. The molecule has 23 heavy (non-hydrogen) atoms. The highest BCUT2D eigenvalue weighted by Gasteiger charge is 2.22. The number of carbonyl (C=O) groups excluding carboxylic acids is 1. The number of piperazine rings is 1. The molecule has 1 aliphatic heterocycles. The van der Waals surface area contributed by atoms with Crippen molar-refractivity contribution in [1.29, 1.82) is 0 Å². The highest BCUT2D eigenvalue weighted by atomic mass is 32.1. The molecule has 3 heterocycles. The number of benzene rings is 1. The largest absolute Gasteiger partial charge is 0.335 e. The van der Waals surface area contributed by atoms with E-state index in [4.69, 9.17) is 4.98 Å². The lowest BCUT2D eigenvalue weighted by molar-refractivity contribution is 0.0669. The normalized spacial score (nSPS) is 16.3. The number of nitrogens with zero attached hydrogens (tertiary/aromatic N) is 3. The fraction of sp³-hybridized carbons (Fsp3) is 0.333. The van der Waals surface area contributed by atoms with Gasteiger partial charge in [-0.2, -0.15) is 0 Å². The average molecular weight is 325 g/mol. The van der Waals surface area contributed by atoms with Crippen LogP contribution >= 0.6 is 11.3 Å². The third kappa shape index (κ3) is 2.71. The van der Waals surface area contributed by atoms with E-state index in [2.05, 4.69) is 37.1 Å². The predicted molar refractivity (Wildman–Crippen MR) is 95.3 cm³/mol. The van der Waals surface area contributed by atoms with Crippen molar-refractivity contribution in [1.82, 2.24) is 14.8 Å². The second-order valence-corrected chi connectivity index (χ2v) is 7.32. The van der Waals surface area contributed by atoms with E-state index < -0.39 is 0 Å². The maximum atomic E-state index is 12.7. The molecular weight excluding hydrogens is 306 g/mol. The summed E-state index contributed by atoms with van der Waals surface area (Å²) in [4.78, 5) is 23.4. The molecule has 0 spiro atoms. The Bertz CT molecular complexity index is 894. The molecule has 0 aliphatic carbocycles. The van der Waals surface area contributed by atoms with Gasteiger partial charge in [0.2, 0.25) is 0 Å². The van der Waals surface area contributed by atoms with Crippen molar-refractivity contribution >= 4 is 38.4 Å². The molecule has 1 fully saturated rings. The second-order valence-electron chi connectivity index (χ2n) is 6.29. The molecule has 5 heteroatoms. The molecule has 0 atom stereocenters. The molecule has 0 radical (unpaired) electrons. The molecule has 1 saturated heterocycles. The number of amides is 1. The first-order valence-corrected chi connectivity index (χ1v) is 8.70. The number of pyridine rings is 1. The zero-order valence-corrected chi connectivity index (χ0v) is 14.2. The summed E-state index contributed by atoms with van der Waals surface area (Å²) in [6.07, 6.45) is 0. The summed E-state index contributed by atoms with van der Waals surface area (Å²) in [7, 11) is 2.10.